The summed E-state index contributed by atoms with van der Waals surface area (Å²) in [7, 11) is 1.24. The van der Waals surface area contributed by atoms with E-state index < -0.39 is 29.0 Å². The van der Waals surface area contributed by atoms with Crippen molar-refractivity contribution in [2.45, 2.75) is 39.8 Å². The molecule has 0 aliphatic carbocycles. The SMILES string of the molecule is COC(=O)CN1CCc2c(-c3cc(C)cc(C)c3)nn(-c3cc(N4CCC(CNC(C)=O)C4)ccc3C(F)(F)F)c(=O)c21. The monoisotopic (exact) mass is 597 g/mol. The average Bonchev–Trinajstić information content (AvgIpc) is 3.59. The Labute approximate surface area is 247 Å². The zero-order chi connectivity index (χ0) is 31.1. The molecule has 0 spiro atoms. The van der Waals surface area contributed by atoms with Crippen LogP contribution in [0.2, 0.25) is 0 Å². The third kappa shape index (κ3) is 6.23. The lowest BCUT2D eigenvalue weighted by Crippen LogP contribution is -2.35. The van der Waals surface area contributed by atoms with Gasteiger partial charge in [0, 0.05) is 49.9 Å². The second kappa shape index (κ2) is 11.7. The molecule has 0 saturated carbocycles. The Hall–Kier alpha value is -4.35. The maximum Gasteiger partial charge on any atom is 0.418 e. The van der Waals surface area contributed by atoms with Crippen LogP contribution in [-0.2, 0) is 26.9 Å². The van der Waals surface area contributed by atoms with E-state index in [2.05, 4.69) is 10.4 Å². The number of alkyl halides is 3. The highest BCUT2D eigenvalue weighted by Gasteiger charge is 2.37. The number of rotatable bonds is 7. The number of hydrogen-bond donors (Lipinski definition) is 1. The Morgan fingerprint density at radius 3 is 2.47 bits per heavy atom. The zero-order valence-corrected chi connectivity index (χ0v) is 24.5. The first kappa shape index (κ1) is 30.1. The molecule has 3 heterocycles. The van der Waals surface area contributed by atoms with Crippen molar-refractivity contribution in [2.24, 2.45) is 5.92 Å². The lowest BCUT2D eigenvalue weighted by Gasteiger charge is -2.23. The smallest absolute Gasteiger partial charge is 0.418 e. The second-order valence-electron chi connectivity index (χ2n) is 11.3. The number of aryl methyl sites for hydroxylation is 2. The van der Waals surface area contributed by atoms with E-state index in [4.69, 9.17) is 4.74 Å². The number of benzene rings is 2. The number of carbonyl (C=O) groups excluding carboxylic acids is 2. The molecule has 2 aromatic carbocycles. The first-order chi connectivity index (χ1) is 20.3. The van der Waals surface area contributed by atoms with Gasteiger partial charge in [-0.25, -0.2) is 0 Å². The summed E-state index contributed by atoms with van der Waals surface area (Å²) in [5.74, 6) is -0.568. The van der Waals surface area contributed by atoms with Crippen molar-refractivity contribution >= 4 is 23.3 Å². The standard InChI is InChI=1S/C31H34F3N5O4/c1-18-11-19(2)13-22(12-18)28-24-8-10-38(17-27(41)43-4)29(24)30(42)39(36-28)26-14-23(5-6-25(26)31(32,33)34)37-9-7-21(16-37)15-35-20(3)40/h5-6,11-14,21H,7-10,15-17H2,1-4H3,(H,35,40). The summed E-state index contributed by atoms with van der Waals surface area (Å²) in [6.07, 6.45) is -3.61. The highest BCUT2D eigenvalue weighted by molar-refractivity contribution is 5.80. The molecule has 1 saturated heterocycles. The molecular formula is C31H34F3N5O4. The Morgan fingerprint density at radius 2 is 1.81 bits per heavy atom. The van der Waals surface area contributed by atoms with Crippen LogP contribution in [0.1, 0.15) is 35.6 Å². The number of esters is 1. The molecule has 1 aromatic heterocycles. The minimum absolute atomic E-state index is 0.138. The van der Waals surface area contributed by atoms with Gasteiger partial charge < -0.3 is 19.9 Å². The molecule has 1 N–H and O–H groups in total. The number of amides is 1. The summed E-state index contributed by atoms with van der Waals surface area (Å²) in [6, 6.07) is 9.48. The van der Waals surface area contributed by atoms with Crippen molar-refractivity contribution in [1.82, 2.24) is 15.1 Å². The fourth-order valence-electron chi connectivity index (χ4n) is 6.01. The number of fused-ring (bicyclic) bond motifs is 1. The number of hydrogen-bond acceptors (Lipinski definition) is 7. The van der Waals surface area contributed by atoms with Crippen molar-refractivity contribution in [3.63, 3.8) is 0 Å². The van der Waals surface area contributed by atoms with Gasteiger partial charge in [0.25, 0.3) is 5.56 Å². The average molecular weight is 598 g/mol. The molecule has 3 aromatic rings. The molecule has 9 nitrogen and oxygen atoms in total. The molecule has 2 aliphatic heterocycles. The molecule has 0 bridgehead atoms. The summed E-state index contributed by atoms with van der Waals surface area (Å²) >= 11 is 0. The van der Waals surface area contributed by atoms with Crippen LogP contribution in [0.5, 0.6) is 0 Å². The zero-order valence-electron chi connectivity index (χ0n) is 24.5. The van der Waals surface area contributed by atoms with Crippen molar-refractivity contribution in [2.75, 3.05) is 49.6 Å². The summed E-state index contributed by atoms with van der Waals surface area (Å²) in [5.41, 5.74) is 2.06. The van der Waals surface area contributed by atoms with E-state index in [0.717, 1.165) is 28.3 Å². The highest BCUT2D eigenvalue weighted by atomic mass is 19.4. The van der Waals surface area contributed by atoms with Crippen LogP contribution >= 0.6 is 0 Å². The van der Waals surface area contributed by atoms with E-state index in [1.807, 2.05) is 36.9 Å². The number of anilines is 2. The van der Waals surface area contributed by atoms with Gasteiger partial charge in [-0.2, -0.15) is 23.0 Å². The number of nitrogens with one attached hydrogen (secondary N) is 1. The van der Waals surface area contributed by atoms with Crippen LogP contribution in [0.3, 0.4) is 0 Å². The number of methoxy groups -OCH3 is 1. The number of aromatic nitrogens is 2. The molecule has 5 rings (SSSR count). The topological polar surface area (TPSA) is 96.8 Å². The number of carbonyl (C=O) groups is 2. The molecule has 2 aliphatic rings. The van der Waals surface area contributed by atoms with Crippen molar-refractivity contribution in [1.29, 1.82) is 0 Å². The summed E-state index contributed by atoms with van der Waals surface area (Å²) in [4.78, 5) is 41.1. The lowest BCUT2D eigenvalue weighted by atomic mass is 10.0. The van der Waals surface area contributed by atoms with Crippen molar-refractivity contribution < 1.29 is 27.5 Å². The molecule has 12 heteroatoms. The maximum atomic E-state index is 14.4. The fourth-order valence-corrected chi connectivity index (χ4v) is 6.01. The van der Waals surface area contributed by atoms with Gasteiger partial charge in [-0.05, 0) is 62.9 Å². The molecule has 228 valence electrons. The van der Waals surface area contributed by atoms with E-state index in [0.29, 0.717) is 55.1 Å². The molecule has 1 atom stereocenters. The Balaban J connectivity index is 1.69. The minimum Gasteiger partial charge on any atom is -0.468 e. The van der Waals surface area contributed by atoms with Crippen LogP contribution in [0.4, 0.5) is 24.5 Å². The second-order valence-corrected chi connectivity index (χ2v) is 11.3. The van der Waals surface area contributed by atoms with Crippen molar-refractivity contribution in [3.8, 4) is 16.9 Å². The Kier molecular flexibility index (Phi) is 8.22. The van der Waals surface area contributed by atoms with Crippen LogP contribution in [-0.4, -0.2) is 61.5 Å². The van der Waals surface area contributed by atoms with Crippen LogP contribution in [0.15, 0.2) is 41.2 Å². The minimum atomic E-state index is -4.77. The third-order valence-corrected chi connectivity index (χ3v) is 7.96. The summed E-state index contributed by atoms with van der Waals surface area (Å²) in [5, 5.41) is 7.40. The number of halogens is 3. The maximum absolute atomic E-state index is 14.4. The van der Waals surface area contributed by atoms with Crippen LogP contribution in [0, 0.1) is 19.8 Å². The van der Waals surface area contributed by atoms with E-state index in [1.165, 1.54) is 26.2 Å². The van der Waals surface area contributed by atoms with E-state index in [1.54, 1.807) is 4.90 Å². The van der Waals surface area contributed by atoms with Gasteiger partial charge in [-0.15, -0.1) is 0 Å². The largest absolute Gasteiger partial charge is 0.468 e. The predicted molar refractivity (Wildman–Crippen MR) is 157 cm³/mol. The van der Waals surface area contributed by atoms with E-state index in [-0.39, 0.29) is 24.1 Å². The van der Waals surface area contributed by atoms with Gasteiger partial charge in [-0.3, -0.25) is 14.4 Å². The quantitative estimate of drug-likeness (QED) is 0.411. The summed E-state index contributed by atoms with van der Waals surface area (Å²) in [6.45, 7) is 6.97. The molecule has 1 fully saturated rings. The fraction of sp³-hybridized carbons (Fsp3) is 0.419. The molecule has 1 amide bonds. The number of ether oxygens (including phenoxy) is 1. The normalized spacial score (nSPS) is 16.4. The van der Waals surface area contributed by atoms with Crippen LogP contribution < -0.4 is 20.7 Å². The molecule has 1 unspecified atom stereocenters. The first-order valence-electron chi connectivity index (χ1n) is 14.1. The van der Waals surface area contributed by atoms with Gasteiger partial charge in [-0.1, -0.05) is 17.2 Å². The van der Waals surface area contributed by atoms with Gasteiger partial charge in [0.1, 0.15) is 12.2 Å². The first-order valence-corrected chi connectivity index (χ1v) is 14.1. The third-order valence-electron chi connectivity index (χ3n) is 7.96. The summed E-state index contributed by atoms with van der Waals surface area (Å²) < 4.78 is 49.0. The van der Waals surface area contributed by atoms with Gasteiger partial charge >= 0.3 is 12.1 Å². The van der Waals surface area contributed by atoms with Gasteiger partial charge in [0.15, 0.2) is 0 Å². The van der Waals surface area contributed by atoms with E-state index >= 15 is 0 Å². The van der Waals surface area contributed by atoms with Crippen molar-refractivity contribution in [3.05, 3.63) is 69.0 Å². The van der Waals surface area contributed by atoms with Gasteiger partial charge in [0.2, 0.25) is 5.91 Å². The molecular weight excluding hydrogens is 563 g/mol. The van der Waals surface area contributed by atoms with E-state index in [9.17, 15) is 27.6 Å². The lowest BCUT2D eigenvalue weighted by molar-refractivity contribution is -0.139. The van der Waals surface area contributed by atoms with Crippen LogP contribution in [0.25, 0.3) is 16.9 Å². The van der Waals surface area contributed by atoms with Gasteiger partial charge in [0.05, 0.1) is 24.1 Å². The highest BCUT2D eigenvalue weighted by Crippen LogP contribution is 2.38. The molecule has 43 heavy (non-hydrogen) atoms. The Bertz CT molecular complexity index is 1610. The molecule has 0 radical (unpaired) electrons. The Morgan fingerprint density at radius 1 is 1.09 bits per heavy atom. The predicted octanol–water partition coefficient (Wildman–Crippen LogP) is 4.03. The number of nitrogens with zero attached hydrogens (tertiary/aromatic N) is 4.